The molecule has 0 unspecified atom stereocenters. The lowest BCUT2D eigenvalue weighted by Gasteiger charge is -2.31. The van der Waals surface area contributed by atoms with Crippen LogP contribution in [0, 0.1) is 5.92 Å². The van der Waals surface area contributed by atoms with Gasteiger partial charge in [0.2, 0.25) is 0 Å². The summed E-state index contributed by atoms with van der Waals surface area (Å²) in [6.07, 6.45) is 6.19. The molecular weight excluding hydrogens is 280 g/mol. The Morgan fingerprint density at radius 3 is 3.05 bits per heavy atom. The third kappa shape index (κ3) is 2.80. The van der Waals surface area contributed by atoms with Crippen LogP contribution in [-0.2, 0) is 24.4 Å². The summed E-state index contributed by atoms with van der Waals surface area (Å²) in [4.78, 5) is 2.40. The second kappa shape index (κ2) is 5.85. The van der Waals surface area contributed by atoms with Crippen LogP contribution in [-0.4, -0.2) is 40.2 Å². The van der Waals surface area contributed by atoms with E-state index >= 15 is 0 Å². The first-order chi connectivity index (χ1) is 10.8. The smallest absolute Gasteiger partial charge is 0.100 e. The number of furan rings is 1. The minimum Gasteiger partial charge on any atom is -0.472 e. The van der Waals surface area contributed by atoms with Crippen molar-refractivity contribution in [3.63, 3.8) is 0 Å². The molecule has 2 aromatic heterocycles. The average molecular weight is 302 g/mol. The zero-order valence-electron chi connectivity index (χ0n) is 12.9. The van der Waals surface area contributed by atoms with Gasteiger partial charge in [0.1, 0.15) is 5.69 Å². The highest BCUT2D eigenvalue weighted by Gasteiger charge is 2.32. The summed E-state index contributed by atoms with van der Waals surface area (Å²) < 4.78 is 12.8. The van der Waals surface area contributed by atoms with Gasteiger partial charge in [-0.3, -0.25) is 4.90 Å². The van der Waals surface area contributed by atoms with Crippen molar-refractivity contribution in [2.24, 2.45) is 5.92 Å². The molecule has 2 aromatic rings. The van der Waals surface area contributed by atoms with E-state index in [9.17, 15) is 0 Å². The minimum absolute atomic E-state index is 0.342. The summed E-state index contributed by atoms with van der Waals surface area (Å²) in [6, 6.07) is 2.02. The van der Waals surface area contributed by atoms with Crippen LogP contribution in [0.4, 0.5) is 0 Å². The van der Waals surface area contributed by atoms with Crippen LogP contribution in [0.2, 0.25) is 0 Å². The fourth-order valence-corrected chi connectivity index (χ4v) is 3.36. The van der Waals surface area contributed by atoms with Gasteiger partial charge in [0.15, 0.2) is 0 Å². The van der Waals surface area contributed by atoms with E-state index in [1.54, 1.807) is 13.4 Å². The number of rotatable bonds is 6. The van der Waals surface area contributed by atoms with Crippen molar-refractivity contribution in [1.29, 1.82) is 0 Å². The maximum atomic E-state index is 5.45. The van der Waals surface area contributed by atoms with E-state index in [-0.39, 0.29) is 0 Å². The molecular formula is C16H22N4O2. The topological polar surface area (TPSA) is 56.3 Å². The Hall–Kier alpha value is -1.66. The van der Waals surface area contributed by atoms with Crippen molar-refractivity contribution < 1.29 is 9.15 Å². The molecule has 0 saturated heterocycles. The number of hydrogen-bond acceptors (Lipinski definition) is 5. The van der Waals surface area contributed by atoms with Gasteiger partial charge in [-0.25, -0.2) is 4.68 Å². The lowest BCUT2D eigenvalue weighted by molar-refractivity contribution is 0.131. The first-order valence-electron chi connectivity index (χ1n) is 7.98. The normalized spacial score (nSPS) is 22.0. The standard InChI is InChI=1S/C16H22N4O2/c1-21-11-14-8-19(6-13-4-5-22-10-13)9-15-16(14)20(18-17-15)7-12-2-3-12/h4-5,10,12,14H,2-3,6-9,11H2,1H3/t14-/m0/s1. The van der Waals surface area contributed by atoms with Crippen molar-refractivity contribution in [2.45, 2.75) is 38.4 Å². The van der Waals surface area contributed by atoms with Crippen LogP contribution in [0.3, 0.4) is 0 Å². The highest BCUT2D eigenvalue weighted by molar-refractivity contribution is 5.21. The number of hydrogen-bond donors (Lipinski definition) is 0. The van der Waals surface area contributed by atoms with E-state index in [1.165, 1.54) is 24.1 Å². The Labute approximate surface area is 130 Å². The molecule has 3 heterocycles. The van der Waals surface area contributed by atoms with Crippen LogP contribution < -0.4 is 0 Å². The average Bonchev–Trinajstić information content (AvgIpc) is 3.00. The maximum absolute atomic E-state index is 5.45. The molecule has 0 spiro atoms. The van der Waals surface area contributed by atoms with Crippen molar-refractivity contribution in [1.82, 2.24) is 19.9 Å². The van der Waals surface area contributed by atoms with E-state index in [2.05, 4.69) is 19.9 Å². The SMILES string of the molecule is COC[C@@H]1CN(Cc2ccoc2)Cc2nnn(CC3CC3)c21. The molecule has 1 aliphatic heterocycles. The van der Waals surface area contributed by atoms with Crippen molar-refractivity contribution in [3.05, 3.63) is 35.5 Å². The largest absolute Gasteiger partial charge is 0.472 e. The van der Waals surface area contributed by atoms with E-state index in [0.29, 0.717) is 12.5 Å². The van der Waals surface area contributed by atoms with Crippen LogP contribution >= 0.6 is 0 Å². The second-order valence-corrected chi connectivity index (χ2v) is 6.50. The zero-order chi connectivity index (χ0) is 14.9. The fraction of sp³-hybridized carbons (Fsp3) is 0.625. The zero-order valence-corrected chi connectivity index (χ0v) is 12.9. The van der Waals surface area contributed by atoms with Gasteiger partial charge < -0.3 is 9.15 Å². The van der Waals surface area contributed by atoms with Gasteiger partial charge in [-0.1, -0.05) is 5.21 Å². The minimum atomic E-state index is 0.342. The van der Waals surface area contributed by atoms with Crippen LogP contribution in [0.15, 0.2) is 23.0 Å². The Morgan fingerprint density at radius 2 is 2.32 bits per heavy atom. The first-order valence-corrected chi connectivity index (χ1v) is 7.98. The van der Waals surface area contributed by atoms with Crippen molar-refractivity contribution >= 4 is 0 Å². The molecule has 1 atom stereocenters. The molecule has 1 saturated carbocycles. The molecule has 6 heteroatoms. The highest BCUT2D eigenvalue weighted by Crippen LogP contribution is 2.34. The van der Waals surface area contributed by atoms with E-state index in [0.717, 1.165) is 37.8 Å². The van der Waals surface area contributed by atoms with Crippen LogP contribution in [0.5, 0.6) is 0 Å². The predicted octanol–water partition coefficient (Wildman–Crippen LogP) is 2.03. The monoisotopic (exact) mass is 302 g/mol. The third-order valence-corrected chi connectivity index (χ3v) is 4.57. The molecule has 1 fully saturated rings. The molecule has 22 heavy (non-hydrogen) atoms. The van der Waals surface area contributed by atoms with E-state index in [4.69, 9.17) is 9.15 Å². The van der Waals surface area contributed by atoms with Crippen LogP contribution in [0.1, 0.15) is 35.7 Å². The lowest BCUT2D eigenvalue weighted by Crippen LogP contribution is -2.36. The molecule has 0 radical (unpaired) electrons. The Bertz CT molecular complexity index is 618. The number of aromatic nitrogens is 3. The molecule has 0 bridgehead atoms. The summed E-state index contributed by atoms with van der Waals surface area (Å²) in [7, 11) is 1.77. The van der Waals surface area contributed by atoms with Gasteiger partial charge in [-0.2, -0.15) is 0 Å². The van der Waals surface area contributed by atoms with Crippen molar-refractivity contribution in [3.8, 4) is 0 Å². The third-order valence-electron chi connectivity index (χ3n) is 4.57. The highest BCUT2D eigenvalue weighted by atomic mass is 16.5. The van der Waals surface area contributed by atoms with Gasteiger partial charge in [0, 0.05) is 44.8 Å². The second-order valence-electron chi connectivity index (χ2n) is 6.50. The predicted molar refractivity (Wildman–Crippen MR) is 80.2 cm³/mol. The number of ether oxygens (including phenoxy) is 1. The first kappa shape index (κ1) is 14.0. The summed E-state index contributed by atoms with van der Waals surface area (Å²) >= 11 is 0. The summed E-state index contributed by atoms with van der Waals surface area (Å²) in [5, 5.41) is 8.85. The van der Waals surface area contributed by atoms with Crippen molar-refractivity contribution in [2.75, 3.05) is 20.3 Å². The Morgan fingerprint density at radius 1 is 1.41 bits per heavy atom. The molecule has 4 rings (SSSR count). The number of methoxy groups -OCH3 is 1. The van der Waals surface area contributed by atoms with E-state index in [1.807, 2.05) is 12.3 Å². The van der Waals surface area contributed by atoms with Gasteiger partial charge in [0.05, 0.1) is 24.8 Å². The number of fused-ring (bicyclic) bond motifs is 1. The van der Waals surface area contributed by atoms with Gasteiger partial charge >= 0.3 is 0 Å². The Balaban J connectivity index is 1.55. The summed E-state index contributed by atoms with van der Waals surface area (Å²) in [5.74, 6) is 1.15. The quantitative estimate of drug-likeness (QED) is 0.817. The van der Waals surface area contributed by atoms with Gasteiger partial charge in [-0.15, -0.1) is 5.10 Å². The van der Waals surface area contributed by atoms with Gasteiger partial charge in [-0.05, 0) is 24.8 Å². The molecule has 6 nitrogen and oxygen atoms in total. The van der Waals surface area contributed by atoms with Gasteiger partial charge in [0.25, 0.3) is 0 Å². The summed E-state index contributed by atoms with van der Waals surface area (Å²) in [5.41, 5.74) is 3.60. The molecule has 2 aliphatic rings. The lowest BCUT2D eigenvalue weighted by atomic mass is 9.98. The maximum Gasteiger partial charge on any atom is 0.100 e. The molecule has 0 N–H and O–H groups in total. The van der Waals surface area contributed by atoms with E-state index < -0.39 is 0 Å². The molecule has 0 aromatic carbocycles. The molecule has 118 valence electrons. The summed E-state index contributed by atoms with van der Waals surface area (Å²) in [6.45, 7) is 4.44. The fourth-order valence-electron chi connectivity index (χ4n) is 3.36. The molecule has 1 aliphatic carbocycles. The Kier molecular flexibility index (Phi) is 3.72. The molecule has 0 amide bonds. The van der Waals surface area contributed by atoms with Crippen LogP contribution in [0.25, 0.3) is 0 Å². The number of nitrogens with zero attached hydrogens (tertiary/aromatic N) is 4.